The van der Waals surface area contributed by atoms with Crippen LogP contribution in [0.2, 0.25) is 0 Å². The average Bonchev–Trinajstić information content (AvgIpc) is 2.38. The van der Waals surface area contributed by atoms with E-state index >= 15 is 0 Å². The number of hydrogen-bond acceptors (Lipinski definition) is 3. The van der Waals surface area contributed by atoms with E-state index in [1.165, 1.54) is 24.9 Å². The zero-order chi connectivity index (χ0) is 13.4. The van der Waals surface area contributed by atoms with Gasteiger partial charge in [-0.05, 0) is 57.1 Å². The third-order valence-corrected chi connectivity index (χ3v) is 3.06. The van der Waals surface area contributed by atoms with Crippen LogP contribution in [0.4, 0.5) is 0 Å². The molecule has 0 atom stereocenters. The van der Waals surface area contributed by atoms with E-state index in [0.717, 1.165) is 24.5 Å². The van der Waals surface area contributed by atoms with Crippen LogP contribution in [0, 0.1) is 0 Å². The predicted octanol–water partition coefficient (Wildman–Crippen LogP) is 2.98. The lowest BCUT2D eigenvalue weighted by atomic mass is 10.1. The summed E-state index contributed by atoms with van der Waals surface area (Å²) in [5.74, 6) is 1.61. The van der Waals surface area contributed by atoms with E-state index in [2.05, 4.69) is 31.0 Å². The molecule has 0 unspecified atom stereocenters. The molecule has 0 radical (unpaired) electrons. The second-order valence-electron chi connectivity index (χ2n) is 4.60. The van der Waals surface area contributed by atoms with Crippen molar-refractivity contribution < 1.29 is 9.47 Å². The molecule has 102 valence electrons. The van der Waals surface area contributed by atoms with Crippen molar-refractivity contribution in [1.82, 2.24) is 4.90 Å². The number of hydrogen-bond donors (Lipinski definition) is 0. The lowest BCUT2D eigenvalue weighted by Crippen LogP contribution is -2.20. The van der Waals surface area contributed by atoms with Gasteiger partial charge in [-0.2, -0.15) is 0 Å². The van der Waals surface area contributed by atoms with Gasteiger partial charge >= 0.3 is 0 Å². The number of aryl methyl sites for hydroxylation is 1. The number of methoxy groups -OCH3 is 2. The Morgan fingerprint density at radius 2 is 1.78 bits per heavy atom. The number of ether oxygens (including phenoxy) is 2. The molecular formula is C15H25NO2. The van der Waals surface area contributed by atoms with Crippen LogP contribution in [-0.2, 0) is 6.42 Å². The molecule has 0 N–H and O–H groups in total. The van der Waals surface area contributed by atoms with Crippen LogP contribution >= 0.6 is 0 Å². The third-order valence-electron chi connectivity index (χ3n) is 3.06. The summed E-state index contributed by atoms with van der Waals surface area (Å²) >= 11 is 0. The standard InChI is InChI=1S/C15H25NO2/c1-5-10-16(2)11-6-7-13-8-9-14(17-3)15(12-13)18-4/h8-9,12H,5-7,10-11H2,1-4H3. The average molecular weight is 251 g/mol. The van der Waals surface area contributed by atoms with E-state index in [-0.39, 0.29) is 0 Å². The highest BCUT2D eigenvalue weighted by Crippen LogP contribution is 2.27. The van der Waals surface area contributed by atoms with E-state index in [9.17, 15) is 0 Å². The highest BCUT2D eigenvalue weighted by molar-refractivity contribution is 5.42. The Balaban J connectivity index is 2.47. The molecule has 1 aromatic rings. The summed E-state index contributed by atoms with van der Waals surface area (Å²) < 4.78 is 10.5. The van der Waals surface area contributed by atoms with Crippen molar-refractivity contribution in [3.8, 4) is 11.5 Å². The van der Waals surface area contributed by atoms with Crippen molar-refractivity contribution in [3.63, 3.8) is 0 Å². The first-order valence-electron chi connectivity index (χ1n) is 6.60. The van der Waals surface area contributed by atoms with Crippen LogP contribution < -0.4 is 9.47 Å². The topological polar surface area (TPSA) is 21.7 Å². The lowest BCUT2D eigenvalue weighted by Gasteiger charge is -2.15. The predicted molar refractivity (Wildman–Crippen MR) is 75.7 cm³/mol. The number of rotatable bonds is 8. The fourth-order valence-electron chi connectivity index (χ4n) is 2.08. The van der Waals surface area contributed by atoms with Gasteiger partial charge in [0.05, 0.1) is 14.2 Å². The van der Waals surface area contributed by atoms with Gasteiger partial charge in [-0.3, -0.25) is 0 Å². The Kier molecular flexibility index (Phi) is 6.58. The maximum absolute atomic E-state index is 5.31. The zero-order valence-electron chi connectivity index (χ0n) is 12.0. The molecule has 0 aliphatic rings. The van der Waals surface area contributed by atoms with E-state index in [0.29, 0.717) is 0 Å². The lowest BCUT2D eigenvalue weighted by molar-refractivity contribution is 0.330. The van der Waals surface area contributed by atoms with Gasteiger partial charge in [-0.15, -0.1) is 0 Å². The molecule has 0 aromatic heterocycles. The van der Waals surface area contributed by atoms with Gasteiger partial charge in [-0.25, -0.2) is 0 Å². The Morgan fingerprint density at radius 1 is 1.06 bits per heavy atom. The van der Waals surface area contributed by atoms with Gasteiger partial charge in [0.2, 0.25) is 0 Å². The molecule has 1 rings (SSSR count). The van der Waals surface area contributed by atoms with Crippen molar-refractivity contribution in [3.05, 3.63) is 23.8 Å². The van der Waals surface area contributed by atoms with Gasteiger partial charge in [0.1, 0.15) is 0 Å². The zero-order valence-corrected chi connectivity index (χ0v) is 12.0. The molecule has 0 aliphatic heterocycles. The molecule has 0 saturated carbocycles. The molecular weight excluding hydrogens is 226 g/mol. The van der Waals surface area contributed by atoms with E-state index < -0.39 is 0 Å². The Hall–Kier alpha value is -1.22. The minimum atomic E-state index is 0.796. The molecule has 0 saturated heterocycles. The maximum Gasteiger partial charge on any atom is 0.160 e. The van der Waals surface area contributed by atoms with Crippen LogP contribution in [0.3, 0.4) is 0 Å². The van der Waals surface area contributed by atoms with Crippen molar-refractivity contribution >= 4 is 0 Å². The summed E-state index contributed by atoms with van der Waals surface area (Å²) in [4.78, 5) is 2.38. The van der Waals surface area contributed by atoms with Gasteiger partial charge in [0.15, 0.2) is 11.5 Å². The Morgan fingerprint density at radius 3 is 2.39 bits per heavy atom. The Labute approximate surface area is 111 Å². The van der Waals surface area contributed by atoms with Crippen LogP contribution in [-0.4, -0.2) is 39.3 Å². The van der Waals surface area contributed by atoms with Crippen LogP contribution in [0.5, 0.6) is 11.5 Å². The number of benzene rings is 1. The summed E-state index contributed by atoms with van der Waals surface area (Å²) in [5, 5.41) is 0. The monoisotopic (exact) mass is 251 g/mol. The van der Waals surface area contributed by atoms with Crippen LogP contribution in [0.25, 0.3) is 0 Å². The first-order chi connectivity index (χ1) is 8.71. The largest absolute Gasteiger partial charge is 0.493 e. The minimum absolute atomic E-state index is 0.796. The molecule has 0 heterocycles. The normalized spacial score (nSPS) is 10.7. The van der Waals surface area contributed by atoms with Gasteiger partial charge in [0, 0.05) is 0 Å². The molecule has 3 heteroatoms. The molecule has 18 heavy (non-hydrogen) atoms. The first kappa shape index (κ1) is 14.8. The number of nitrogens with zero attached hydrogens (tertiary/aromatic N) is 1. The second kappa shape index (κ2) is 7.98. The molecule has 3 nitrogen and oxygen atoms in total. The van der Waals surface area contributed by atoms with E-state index in [1.807, 2.05) is 6.07 Å². The summed E-state index contributed by atoms with van der Waals surface area (Å²) in [6.07, 6.45) is 3.47. The van der Waals surface area contributed by atoms with Crippen molar-refractivity contribution in [2.75, 3.05) is 34.4 Å². The maximum atomic E-state index is 5.31. The van der Waals surface area contributed by atoms with Crippen molar-refractivity contribution in [2.24, 2.45) is 0 Å². The molecule has 0 amide bonds. The second-order valence-corrected chi connectivity index (χ2v) is 4.60. The highest BCUT2D eigenvalue weighted by atomic mass is 16.5. The first-order valence-corrected chi connectivity index (χ1v) is 6.60. The van der Waals surface area contributed by atoms with E-state index in [4.69, 9.17) is 9.47 Å². The fraction of sp³-hybridized carbons (Fsp3) is 0.600. The van der Waals surface area contributed by atoms with Crippen LogP contribution in [0.1, 0.15) is 25.3 Å². The Bertz CT molecular complexity index is 352. The SMILES string of the molecule is CCCN(C)CCCc1ccc(OC)c(OC)c1. The summed E-state index contributed by atoms with van der Waals surface area (Å²) in [5.41, 5.74) is 1.30. The van der Waals surface area contributed by atoms with Crippen LogP contribution in [0.15, 0.2) is 18.2 Å². The van der Waals surface area contributed by atoms with Crippen molar-refractivity contribution in [2.45, 2.75) is 26.2 Å². The quantitative estimate of drug-likeness (QED) is 0.709. The smallest absolute Gasteiger partial charge is 0.160 e. The van der Waals surface area contributed by atoms with Gasteiger partial charge in [0.25, 0.3) is 0 Å². The molecule has 0 fully saturated rings. The highest BCUT2D eigenvalue weighted by Gasteiger charge is 2.04. The van der Waals surface area contributed by atoms with E-state index in [1.54, 1.807) is 14.2 Å². The van der Waals surface area contributed by atoms with Gasteiger partial charge in [-0.1, -0.05) is 13.0 Å². The molecule has 0 aliphatic carbocycles. The molecule has 0 bridgehead atoms. The van der Waals surface area contributed by atoms with Gasteiger partial charge < -0.3 is 14.4 Å². The summed E-state index contributed by atoms with van der Waals surface area (Å²) in [6, 6.07) is 6.16. The molecule has 0 spiro atoms. The molecule has 1 aromatic carbocycles. The van der Waals surface area contributed by atoms with Crippen molar-refractivity contribution in [1.29, 1.82) is 0 Å². The fourth-order valence-corrected chi connectivity index (χ4v) is 2.08. The minimum Gasteiger partial charge on any atom is -0.493 e. The third kappa shape index (κ3) is 4.57. The summed E-state index contributed by atoms with van der Waals surface area (Å²) in [6.45, 7) is 4.53. The summed E-state index contributed by atoms with van der Waals surface area (Å²) in [7, 11) is 5.52.